The molecule has 8 N–H and O–H groups in total. The number of anilines is 1. The van der Waals surface area contributed by atoms with Crippen LogP contribution in [-0.2, 0) is 28.8 Å². The number of aromatic hydroxyl groups is 1. The van der Waals surface area contributed by atoms with Crippen LogP contribution in [0.2, 0.25) is 0 Å². The molecule has 4 aliphatic heterocycles. The lowest BCUT2D eigenvalue weighted by Crippen LogP contribution is -2.71. The van der Waals surface area contributed by atoms with Gasteiger partial charge in [0.05, 0.1) is 32.6 Å². The fraction of sp³-hybridized carbons (Fsp3) is 0.433. The van der Waals surface area contributed by atoms with Gasteiger partial charge < -0.3 is 50.7 Å². The highest BCUT2D eigenvalue weighted by Gasteiger charge is 2.56. The number of nitrogen functional groups attached to an aromatic ring is 1. The second kappa shape index (κ2) is 14.3. The van der Waals surface area contributed by atoms with Gasteiger partial charge in [-0.25, -0.2) is 14.6 Å². The maximum atomic E-state index is 13.5. The van der Waals surface area contributed by atoms with Crippen molar-refractivity contribution in [1.82, 2.24) is 25.1 Å². The number of aromatic amines is 1. The van der Waals surface area contributed by atoms with Gasteiger partial charge in [0.25, 0.3) is 17.7 Å². The van der Waals surface area contributed by atoms with Crippen LogP contribution in [0.5, 0.6) is 5.75 Å². The number of aliphatic carboxylic acids is 3. The number of fused-ring (bicyclic) bond motifs is 2. The topological polar surface area (TPSA) is 295 Å². The molecule has 1 unspecified atom stereocenters. The van der Waals surface area contributed by atoms with Crippen molar-refractivity contribution < 1.29 is 58.5 Å². The standard InChI is InChI=1S/C30H32N8O12S2/c31-30-33-16(12-52-30)21(35-50-19(28(46)47)7-20(41)42)24(43)34-22-26(45)37-23(29(48)49)13(11-51-27(22)37)10-38-4-1-2-14(38)9-36(3-5-38)25(44)15-6-17(39)18(40)8-32-15/h6,8,12,14,19,22,27H,1-5,7,9-11H2,(H7-,31,32,33,34,35,39,40,41,42,43,44,46,47,48,49)/p+1/t14-,19-,22+,27+,38?/m0/s1. The molecule has 0 bridgehead atoms. The van der Waals surface area contributed by atoms with E-state index in [1.165, 1.54) is 17.1 Å². The molecule has 3 fully saturated rings. The van der Waals surface area contributed by atoms with E-state index in [2.05, 4.69) is 20.4 Å². The van der Waals surface area contributed by atoms with Gasteiger partial charge in [0.2, 0.25) is 11.5 Å². The Morgan fingerprint density at radius 2 is 1.96 bits per heavy atom. The normalized spacial score (nSPS) is 24.7. The van der Waals surface area contributed by atoms with Gasteiger partial charge in [0.1, 0.15) is 41.1 Å². The van der Waals surface area contributed by atoms with E-state index in [-0.39, 0.29) is 39.9 Å². The molecule has 2 aromatic rings. The molecule has 20 nitrogen and oxygen atoms in total. The van der Waals surface area contributed by atoms with Crippen molar-refractivity contribution in [3.63, 3.8) is 0 Å². The number of carbonyl (C=O) groups is 6. The number of H-pyrrole nitrogens is 1. The minimum atomic E-state index is -1.94. The monoisotopic (exact) mass is 761 g/mol. The van der Waals surface area contributed by atoms with Gasteiger partial charge in [-0.3, -0.25) is 28.9 Å². The van der Waals surface area contributed by atoms with Crippen LogP contribution in [0.25, 0.3) is 0 Å². The van der Waals surface area contributed by atoms with Gasteiger partial charge in [0.15, 0.2) is 16.6 Å². The molecule has 6 rings (SSSR count). The number of nitrogens with zero attached hydrogens (tertiary/aromatic N) is 5. The molecule has 3 amide bonds. The lowest BCUT2D eigenvalue weighted by atomic mass is 10.0. The molecule has 0 radical (unpaired) electrons. The third-order valence-electron chi connectivity index (χ3n) is 9.50. The Hall–Kier alpha value is -5.48. The highest BCUT2D eigenvalue weighted by atomic mass is 32.2. The number of carbonyl (C=O) groups excluding carboxylic acids is 3. The van der Waals surface area contributed by atoms with Crippen LogP contribution in [0, 0.1) is 0 Å². The van der Waals surface area contributed by atoms with Gasteiger partial charge in [-0.1, -0.05) is 5.16 Å². The summed E-state index contributed by atoms with van der Waals surface area (Å²) in [5.41, 5.74) is 4.72. The Balaban J connectivity index is 1.17. The molecule has 4 aliphatic rings. The van der Waals surface area contributed by atoms with Gasteiger partial charge in [-0.2, -0.15) is 0 Å². The van der Waals surface area contributed by atoms with E-state index in [0.29, 0.717) is 36.2 Å². The van der Waals surface area contributed by atoms with Gasteiger partial charge in [-0.15, -0.1) is 23.1 Å². The number of thiazole rings is 1. The predicted octanol–water partition coefficient (Wildman–Crippen LogP) is -1.36. The zero-order valence-corrected chi connectivity index (χ0v) is 28.7. The number of β-lactam (4-membered cyclic amide) rings is 1. The SMILES string of the molecule is Nc1nc(/C(=N/O[C@@H](CC(=O)O)C(=O)O)C(=O)N[C@@H]2C(=O)N3C(C(=O)O)=C(C[N+]45CCC[C@H]4CN(C(=O)c4cc(=O)c(O)c[nH]4)CC5)CS[C@H]23)cs1. The fourth-order valence-corrected chi connectivity index (χ4v) is 8.88. The van der Waals surface area contributed by atoms with Crippen molar-refractivity contribution in [2.45, 2.75) is 42.8 Å². The maximum Gasteiger partial charge on any atom is 0.352 e. The number of aromatic nitrogens is 2. The summed E-state index contributed by atoms with van der Waals surface area (Å²) in [6, 6.07) is -0.172. The van der Waals surface area contributed by atoms with Crippen molar-refractivity contribution in [2.24, 2.45) is 5.16 Å². The number of nitrogens with one attached hydrogen (secondary N) is 2. The second-order valence-electron chi connectivity index (χ2n) is 12.6. The van der Waals surface area contributed by atoms with E-state index in [1.807, 2.05) is 0 Å². The third kappa shape index (κ3) is 6.90. The number of thioether (sulfide) groups is 1. The van der Waals surface area contributed by atoms with Gasteiger partial charge in [0, 0.05) is 41.8 Å². The van der Waals surface area contributed by atoms with Crippen LogP contribution in [0.4, 0.5) is 5.13 Å². The quantitative estimate of drug-likeness (QED) is 0.0569. The summed E-state index contributed by atoms with van der Waals surface area (Å²) in [5.74, 6) is -6.83. The van der Waals surface area contributed by atoms with Crippen LogP contribution in [0.15, 0.2) is 38.9 Å². The molecular formula is C30H33N8O12S2+. The predicted molar refractivity (Wildman–Crippen MR) is 180 cm³/mol. The highest BCUT2D eigenvalue weighted by Crippen LogP contribution is 2.42. The van der Waals surface area contributed by atoms with Crippen molar-refractivity contribution in [3.8, 4) is 5.75 Å². The first kappa shape index (κ1) is 36.3. The molecule has 0 aromatic carbocycles. The summed E-state index contributed by atoms with van der Waals surface area (Å²) in [6.07, 6.45) is -0.224. The molecule has 0 aliphatic carbocycles. The fourth-order valence-electron chi connectivity index (χ4n) is 6.99. The Bertz CT molecular complexity index is 1980. The summed E-state index contributed by atoms with van der Waals surface area (Å²) >= 11 is 2.19. The van der Waals surface area contributed by atoms with Crippen molar-refractivity contribution >= 4 is 69.6 Å². The zero-order valence-electron chi connectivity index (χ0n) is 27.1. The molecule has 0 spiro atoms. The first-order valence-electron chi connectivity index (χ1n) is 15.9. The summed E-state index contributed by atoms with van der Waals surface area (Å²) < 4.78 is 0.519. The highest BCUT2D eigenvalue weighted by molar-refractivity contribution is 8.00. The number of amides is 3. The number of oxime groups is 1. The number of pyridine rings is 1. The van der Waals surface area contributed by atoms with Gasteiger partial charge >= 0.3 is 17.9 Å². The molecule has 6 heterocycles. The summed E-state index contributed by atoms with van der Waals surface area (Å²) in [5, 5.41) is 44.8. The average Bonchev–Trinajstić information content (AvgIpc) is 3.72. The van der Waals surface area contributed by atoms with Crippen LogP contribution in [0.1, 0.15) is 35.4 Å². The molecule has 5 atom stereocenters. The zero-order chi connectivity index (χ0) is 37.5. The number of nitrogens with two attached hydrogens (primary N) is 1. The van der Waals surface area contributed by atoms with E-state index in [1.54, 1.807) is 4.90 Å². The first-order chi connectivity index (χ1) is 24.7. The lowest BCUT2D eigenvalue weighted by Gasteiger charge is -2.51. The minimum absolute atomic E-state index is 0.0261. The van der Waals surface area contributed by atoms with Crippen molar-refractivity contribution in [2.75, 3.05) is 44.2 Å². The first-order valence-corrected chi connectivity index (χ1v) is 17.8. The van der Waals surface area contributed by atoms with Crippen LogP contribution in [0.3, 0.4) is 0 Å². The molecule has 52 heavy (non-hydrogen) atoms. The molecular weight excluding hydrogens is 729 g/mol. The average molecular weight is 762 g/mol. The van der Waals surface area contributed by atoms with Gasteiger partial charge in [-0.05, 0) is 0 Å². The van der Waals surface area contributed by atoms with E-state index < -0.39 is 70.6 Å². The van der Waals surface area contributed by atoms with Crippen LogP contribution < -0.4 is 16.5 Å². The smallest absolute Gasteiger partial charge is 0.352 e. The van der Waals surface area contributed by atoms with Crippen LogP contribution >= 0.6 is 23.1 Å². The number of carboxylic acids is 3. The Morgan fingerprint density at radius 3 is 2.62 bits per heavy atom. The number of quaternary nitrogens is 1. The Kier molecular flexibility index (Phi) is 9.96. The molecule has 2 aromatic heterocycles. The molecule has 3 saturated heterocycles. The number of hydrogen-bond acceptors (Lipinski definition) is 14. The second-order valence-corrected chi connectivity index (χ2v) is 14.6. The number of piperazine rings is 1. The molecule has 276 valence electrons. The summed E-state index contributed by atoms with van der Waals surface area (Å²) in [4.78, 5) is 102. The van der Waals surface area contributed by atoms with Crippen molar-refractivity contribution in [3.05, 3.63) is 50.5 Å². The number of carboxylic acid groups (broad SMARTS) is 3. The van der Waals surface area contributed by atoms with E-state index in [0.717, 1.165) is 47.9 Å². The largest absolute Gasteiger partial charge is 0.503 e. The van der Waals surface area contributed by atoms with E-state index in [9.17, 15) is 48.9 Å². The summed E-state index contributed by atoms with van der Waals surface area (Å²) in [6.45, 7) is 2.27. The Labute approximate surface area is 301 Å². The Morgan fingerprint density at radius 1 is 1.19 bits per heavy atom. The third-order valence-corrected chi connectivity index (χ3v) is 11.5. The number of hydrogen-bond donors (Lipinski definition) is 7. The lowest BCUT2D eigenvalue weighted by molar-refractivity contribution is -0.938. The van der Waals surface area contributed by atoms with E-state index in [4.69, 9.17) is 15.7 Å². The molecule has 22 heteroatoms. The number of rotatable bonds is 12. The molecule has 0 saturated carbocycles. The maximum absolute atomic E-state index is 13.5. The van der Waals surface area contributed by atoms with E-state index >= 15 is 0 Å². The minimum Gasteiger partial charge on any atom is -0.503 e. The van der Waals surface area contributed by atoms with Crippen LogP contribution in [-0.4, -0.2) is 148 Å². The summed E-state index contributed by atoms with van der Waals surface area (Å²) in [7, 11) is 0. The van der Waals surface area contributed by atoms with Crippen molar-refractivity contribution in [1.29, 1.82) is 0 Å².